The van der Waals surface area contributed by atoms with Crippen molar-refractivity contribution in [2.24, 2.45) is 0 Å². The maximum absolute atomic E-state index is 13.4. The molecule has 0 aliphatic heterocycles. The number of aliphatic carboxylic acids is 1. The normalized spacial score (nSPS) is 12.5. The van der Waals surface area contributed by atoms with Crippen molar-refractivity contribution in [2.45, 2.75) is 38.4 Å². The highest BCUT2D eigenvalue weighted by molar-refractivity contribution is 6.32. The average Bonchev–Trinajstić information content (AvgIpc) is 2.82. The van der Waals surface area contributed by atoms with Gasteiger partial charge in [-0.2, -0.15) is 13.2 Å². The molecule has 0 fully saturated rings. The molecule has 198 valence electrons. The summed E-state index contributed by atoms with van der Waals surface area (Å²) in [6.45, 7) is 3.75. The average molecular weight is 554 g/mol. The van der Waals surface area contributed by atoms with Crippen molar-refractivity contribution in [3.8, 4) is 5.75 Å². The van der Waals surface area contributed by atoms with Crippen molar-refractivity contribution in [1.29, 1.82) is 0 Å². The van der Waals surface area contributed by atoms with Gasteiger partial charge in [-0.05, 0) is 59.4 Å². The molecule has 1 unspecified atom stereocenters. The number of nitrogens with zero attached hydrogens (tertiary/aromatic N) is 1. The SMILES string of the molecule is CC(CN(CCCOc1cccc(CC(=O)O)c1)Cc1cccc(C(F)(F)F)c1Cl)c1cccc(Cl)c1. The fourth-order valence-electron chi connectivity index (χ4n) is 4.10. The second-order valence-electron chi connectivity index (χ2n) is 8.89. The van der Waals surface area contributed by atoms with Crippen LogP contribution in [0.3, 0.4) is 0 Å². The molecule has 4 nitrogen and oxygen atoms in total. The van der Waals surface area contributed by atoms with Crippen molar-refractivity contribution in [3.05, 3.63) is 99.0 Å². The second-order valence-corrected chi connectivity index (χ2v) is 9.70. The number of hydrogen-bond acceptors (Lipinski definition) is 3. The quantitative estimate of drug-likeness (QED) is 0.233. The fourth-order valence-corrected chi connectivity index (χ4v) is 4.59. The lowest BCUT2D eigenvalue weighted by Crippen LogP contribution is -2.30. The number of benzene rings is 3. The van der Waals surface area contributed by atoms with Crippen LogP contribution in [-0.4, -0.2) is 35.7 Å². The van der Waals surface area contributed by atoms with Crippen molar-refractivity contribution >= 4 is 29.2 Å². The van der Waals surface area contributed by atoms with Gasteiger partial charge in [0.25, 0.3) is 0 Å². The fraction of sp³-hybridized carbons (Fsp3) is 0.321. The van der Waals surface area contributed by atoms with E-state index in [0.717, 1.165) is 11.6 Å². The summed E-state index contributed by atoms with van der Waals surface area (Å²) in [6, 6.07) is 18.4. The third kappa shape index (κ3) is 8.95. The predicted octanol–water partition coefficient (Wildman–Crippen LogP) is 7.71. The summed E-state index contributed by atoms with van der Waals surface area (Å²) in [5, 5.41) is 9.31. The molecule has 0 heterocycles. The minimum absolute atomic E-state index is 0.0666. The van der Waals surface area contributed by atoms with Gasteiger partial charge in [-0.1, -0.05) is 66.5 Å². The van der Waals surface area contributed by atoms with Gasteiger partial charge in [0.05, 0.1) is 23.6 Å². The van der Waals surface area contributed by atoms with E-state index in [1.54, 1.807) is 36.4 Å². The van der Waals surface area contributed by atoms with Crippen LogP contribution in [0.5, 0.6) is 5.75 Å². The van der Waals surface area contributed by atoms with E-state index in [-0.39, 0.29) is 23.9 Å². The first-order valence-electron chi connectivity index (χ1n) is 11.8. The van der Waals surface area contributed by atoms with Gasteiger partial charge in [-0.15, -0.1) is 0 Å². The summed E-state index contributed by atoms with van der Waals surface area (Å²) in [5.41, 5.74) is 1.22. The van der Waals surface area contributed by atoms with E-state index in [9.17, 15) is 18.0 Å². The number of halogens is 5. The largest absolute Gasteiger partial charge is 0.494 e. The molecule has 3 aromatic carbocycles. The Morgan fingerprint density at radius 2 is 1.78 bits per heavy atom. The third-order valence-electron chi connectivity index (χ3n) is 5.87. The standard InChI is InChI=1S/C28H28Cl2F3NO3/c1-19(21-7-3-9-23(29)16-21)17-34(18-22-8-4-11-25(27(22)30)28(31,32)33)12-5-13-37-24-10-2-6-20(14-24)15-26(35)36/h2-4,6-11,14,16,19H,5,12-13,15,17-18H2,1H3,(H,35,36). The Morgan fingerprint density at radius 1 is 1.05 bits per heavy atom. The monoisotopic (exact) mass is 553 g/mol. The zero-order valence-electron chi connectivity index (χ0n) is 20.3. The molecular formula is C28H28Cl2F3NO3. The maximum Gasteiger partial charge on any atom is 0.417 e. The number of carbonyl (C=O) groups is 1. The predicted molar refractivity (Wildman–Crippen MR) is 139 cm³/mol. The van der Waals surface area contributed by atoms with Gasteiger partial charge in [-0.3, -0.25) is 9.69 Å². The summed E-state index contributed by atoms with van der Waals surface area (Å²) in [5.74, 6) is -0.287. The van der Waals surface area contributed by atoms with Crippen molar-refractivity contribution in [3.63, 3.8) is 0 Å². The summed E-state index contributed by atoms with van der Waals surface area (Å²) in [6.07, 6.45) is -4.03. The molecule has 0 spiro atoms. The molecule has 1 atom stereocenters. The molecule has 0 amide bonds. The van der Waals surface area contributed by atoms with Gasteiger partial charge >= 0.3 is 12.1 Å². The van der Waals surface area contributed by atoms with Crippen LogP contribution in [0.1, 0.15) is 41.5 Å². The number of ether oxygens (including phenoxy) is 1. The van der Waals surface area contributed by atoms with E-state index in [1.165, 1.54) is 6.07 Å². The van der Waals surface area contributed by atoms with Crippen LogP contribution in [0.15, 0.2) is 66.7 Å². The Morgan fingerprint density at radius 3 is 2.49 bits per heavy atom. The van der Waals surface area contributed by atoms with E-state index in [0.29, 0.717) is 48.0 Å². The lowest BCUT2D eigenvalue weighted by molar-refractivity contribution is -0.138. The first kappa shape index (κ1) is 28.8. The molecular weight excluding hydrogens is 526 g/mol. The minimum Gasteiger partial charge on any atom is -0.494 e. The number of carboxylic acid groups (broad SMARTS) is 1. The number of hydrogen-bond donors (Lipinski definition) is 1. The van der Waals surface area contributed by atoms with Gasteiger partial charge < -0.3 is 9.84 Å². The Labute approximate surface area is 224 Å². The van der Waals surface area contributed by atoms with Gasteiger partial charge in [0, 0.05) is 24.7 Å². The molecule has 0 aromatic heterocycles. The molecule has 37 heavy (non-hydrogen) atoms. The lowest BCUT2D eigenvalue weighted by Gasteiger charge is -2.27. The molecule has 0 bridgehead atoms. The van der Waals surface area contributed by atoms with Gasteiger partial charge in [-0.25, -0.2) is 0 Å². The second kappa shape index (κ2) is 13.2. The van der Waals surface area contributed by atoms with Crippen LogP contribution in [0, 0.1) is 0 Å². The minimum atomic E-state index is -4.53. The van der Waals surface area contributed by atoms with Crippen LogP contribution < -0.4 is 4.74 Å². The van der Waals surface area contributed by atoms with Crippen molar-refractivity contribution in [2.75, 3.05) is 19.7 Å². The highest BCUT2D eigenvalue weighted by atomic mass is 35.5. The van der Waals surface area contributed by atoms with E-state index in [4.69, 9.17) is 33.0 Å². The lowest BCUT2D eigenvalue weighted by atomic mass is 10.00. The Balaban J connectivity index is 1.70. The number of rotatable bonds is 12. The summed E-state index contributed by atoms with van der Waals surface area (Å²) in [4.78, 5) is 13.0. The third-order valence-corrected chi connectivity index (χ3v) is 6.55. The first-order chi connectivity index (χ1) is 17.5. The van der Waals surface area contributed by atoms with E-state index in [2.05, 4.69) is 4.90 Å². The van der Waals surface area contributed by atoms with Crippen LogP contribution >= 0.6 is 23.2 Å². The van der Waals surface area contributed by atoms with Crippen molar-refractivity contribution < 1.29 is 27.8 Å². The molecule has 9 heteroatoms. The molecule has 0 saturated carbocycles. The topological polar surface area (TPSA) is 49.8 Å². The number of carboxylic acids is 1. The highest BCUT2D eigenvalue weighted by Crippen LogP contribution is 2.36. The summed E-state index contributed by atoms with van der Waals surface area (Å²) in [7, 11) is 0. The molecule has 0 saturated heterocycles. The zero-order valence-corrected chi connectivity index (χ0v) is 21.8. The van der Waals surface area contributed by atoms with Crippen LogP contribution in [-0.2, 0) is 23.9 Å². The first-order valence-corrected chi connectivity index (χ1v) is 12.5. The van der Waals surface area contributed by atoms with Gasteiger partial charge in [0.1, 0.15) is 5.75 Å². The molecule has 0 radical (unpaired) electrons. The smallest absolute Gasteiger partial charge is 0.417 e. The van der Waals surface area contributed by atoms with Crippen LogP contribution in [0.25, 0.3) is 0 Å². The Kier molecular flexibility index (Phi) is 10.3. The molecule has 3 aromatic rings. The van der Waals surface area contributed by atoms with Crippen LogP contribution in [0.2, 0.25) is 10.0 Å². The van der Waals surface area contributed by atoms with Crippen LogP contribution in [0.4, 0.5) is 13.2 Å². The highest BCUT2D eigenvalue weighted by Gasteiger charge is 2.34. The van der Waals surface area contributed by atoms with E-state index >= 15 is 0 Å². The van der Waals surface area contributed by atoms with Crippen molar-refractivity contribution in [1.82, 2.24) is 4.90 Å². The Hall–Kier alpha value is -2.74. The summed E-state index contributed by atoms with van der Waals surface area (Å²) < 4.78 is 46.0. The van der Waals surface area contributed by atoms with E-state index in [1.807, 2.05) is 25.1 Å². The summed E-state index contributed by atoms with van der Waals surface area (Å²) >= 11 is 12.3. The zero-order chi connectivity index (χ0) is 27.0. The molecule has 3 rings (SSSR count). The van der Waals surface area contributed by atoms with Gasteiger partial charge in [0.2, 0.25) is 0 Å². The Bertz CT molecular complexity index is 1200. The molecule has 0 aliphatic rings. The molecule has 1 N–H and O–H groups in total. The van der Waals surface area contributed by atoms with E-state index < -0.39 is 17.7 Å². The molecule has 0 aliphatic carbocycles. The maximum atomic E-state index is 13.4. The number of alkyl halides is 3. The van der Waals surface area contributed by atoms with Gasteiger partial charge in [0.15, 0.2) is 0 Å².